The molecular formula is C24H25N3O4. The molecule has 0 unspecified atom stereocenters. The van der Waals surface area contributed by atoms with Crippen LogP contribution in [0.25, 0.3) is 0 Å². The average molecular weight is 419 g/mol. The first-order chi connectivity index (χ1) is 14.8. The van der Waals surface area contributed by atoms with Crippen LogP contribution < -0.4 is 5.32 Å². The molecule has 2 aromatic rings. The van der Waals surface area contributed by atoms with E-state index in [9.17, 15) is 19.2 Å². The van der Waals surface area contributed by atoms with Gasteiger partial charge in [-0.1, -0.05) is 18.2 Å². The minimum Gasteiger partial charge on any atom is -0.352 e. The normalized spacial score (nSPS) is 16.5. The molecular weight excluding hydrogens is 394 g/mol. The van der Waals surface area contributed by atoms with Crippen LogP contribution in [0, 0.1) is 13.8 Å². The molecule has 4 rings (SSSR count). The molecule has 1 fully saturated rings. The van der Waals surface area contributed by atoms with E-state index in [-0.39, 0.29) is 24.4 Å². The fourth-order valence-corrected chi connectivity index (χ4v) is 4.08. The Hall–Kier alpha value is -3.48. The highest BCUT2D eigenvalue weighted by molar-refractivity contribution is 6.22. The van der Waals surface area contributed by atoms with E-state index in [1.54, 1.807) is 29.2 Å². The fraction of sp³-hybridized carbons (Fsp3) is 0.333. The van der Waals surface area contributed by atoms with Crippen LogP contribution >= 0.6 is 0 Å². The van der Waals surface area contributed by atoms with E-state index < -0.39 is 11.8 Å². The van der Waals surface area contributed by atoms with Crippen LogP contribution in [0.5, 0.6) is 0 Å². The maximum absolute atomic E-state index is 12.8. The van der Waals surface area contributed by atoms with E-state index in [2.05, 4.69) is 5.32 Å². The predicted octanol–water partition coefficient (Wildman–Crippen LogP) is 2.32. The van der Waals surface area contributed by atoms with Crippen molar-refractivity contribution in [2.45, 2.75) is 32.7 Å². The Morgan fingerprint density at radius 2 is 1.55 bits per heavy atom. The first-order valence-corrected chi connectivity index (χ1v) is 10.5. The molecule has 31 heavy (non-hydrogen) atoms. The third kappa shape index (κ3) is 4.08. The maximum atomic E-state index is 12.8. The summed E-state index contributed by atoms with van der Waals surface area (Å²) in [7, 11) is 0. The minimum absolute atomic E-state index is 0.00102. The van der Waals surface area contributed by atoms with Crippen molar-refractivity contribution in [3.63, 3.8) is 0 Å². The maximum Gasteiger partial charge on any atom is 0.262 e. The van der Waals surface area contributed by atoms with E-state index in [1.165, 1.54) is 0 Å². The largest absolute Gasteiger partial charge is 0.352 e. The van der Waals surface area contributed by atoms with Gasteiger partial charge in [-0.25, -0.2) is 0 Å². The fourth-order valence-electron chi connectivity index (χ4n) is 4.08. The molecule has 0 spiro atoms. The highest BCUT2D eigenvalue weighted by Crippen LogP contribution is 2.22. The third-order valence-corrected chi connectivity index (χ3v) is 6.08. The summed E-state index contributed by atoms with van der Waals surface area (Å²) in [5.41, 5.74) is 3.57. The van der Waals surface area contributed by atoms with Crippen molar-refractivity contribution in [1.82, 2.24) is 15.1 Å². The lowest BCUT2D eigenvalue weighted by molar-refractivity contribution is -0.122. The van der Waals surface area contributed by atoms with Crippen LogP contribution in [0.4, 0.5) is 0 Å². The number of hydrogen-bond acceptors (Lipinski definition) is 4. The van der Waals surface area contributed by atoms with Crippen LogP contribution in [0.2, 0.25) is 0 Å². The van der Waals surface area contributed by atoms with Gasteiger partial charge in [-0.05, 0) is 62.1 Å². The number of carbonyl (C=O) groups excluding carboxylic acids is 4. The predicted molar refractivity (Wildman–Crippen MR) is 115 cm³/mol. The summed E-state index contributed by atoms with van der Waals surface area (Å²) in [5.74, 6) is -1.25. The smallest absolute Gasteiger partial charge is 0.262 e. The van der Waals surface area contributed by atoms with Gasteiger partial charge in [0.15, 0.2) is 0 Å². The monoisotopic (exact) mass is 419 g/mol. The topological polar surface area (TPSA) is 86.8 Å². The van der Waals surface area contributed by atoms with Gasteiger partial charge in [0, 0.05) is 24.7 Å². The Morgan fingerprint density at radius 3 is 2.13 bits per heavy atom. The van der Waals surface area contributed by atoms with Crippen molar-refractivity contribution in [1.29, 1.82) is 0 Å². The first kappa shape index (κ1) is 20.8. The summed E-state index contributed by atoms with van der Waals surface area (Å²) in [5, 5.41) is 2.91. The van der Waals surface area contributed by atoms with Crippen molar-refractivity contribution >= 4 is 23.6 Å². The van der Waals surface area contributed by atoms with Crippen LogP contribution in [0.15, 0.2) is 42.5 Å². The number of carbonyl (C=O) groups is 4. The molecule has 0 bridgehead atoms. The molecule has 0 radical (unpaired) electrons. The van der Waals surface area contributed by atoms with Gasteiger partial charge in [0.05, 0.1) is 11.1 Å². The summed E-state index contributed by atoms with van der Waals surface area (Å²) in [6.07, 6.45) is 1.26. The third-order valence-electron chi connectivity index (χ3n) is 6.08. The summed E-state index contributed by atoms with van der Waals surface area (Å²) in [4.78, 5) is 52.9. The van der Waals surface area contributed by atoms with Crippen molar-refractivity contribution < 1.29 is 19.2 Å². The molecule has 1 N–H and O–H groups in total. The molecule has 0 aromatic heterocycles. The van der Waals surface area contributed by atoms with Crippen molar-refractivity contribution in [2.24, 2.45) is 0 Å². The van der Waals surface area contributed by atoms with E-state index in [4.69, 9.17) is 0 Å². The number of hydrogen-bond donors (Lipinski definition) is 1. The number of likely N-dealkylation sites (tertiary alicyclic amines) is 1. The molecule has 4 amide bonds. The van der Waals surface area contributed by atoms with E-state index in [1.807, 2.05) is 32.0 Å². The number of amides is 4. The Morgan fingerprint density at radius 1 is 0.935 bits per heavy atom. The lowest BCUT2D eigenvalue weighted by atomic mass is 10.0. The molecule has 0 saturated carbocycles. The molecule has 2 aromatic carbocycles. The Bertz CT molecular complexity index is 1040. The molecule has 2 aliphatic heterocycles. The molecule has 7 nitrogen and oxygen atoms in total. The minimum atomic E-state index is -0.440. The molecule has 2 aliphatic rings. The molecule has 1 saturated heterocycles. The molecule has 7 heteroatoms. The summed E-state index contributed by atoms with van der Waals surface area (Å²) in [6.45, 7) is 4.80. The van der Waals surface area contributed by atoms with Gasteiger partial charge < -0.3 is 10.2 Å². The number of aryl methyl sites for hydroxylation is 2. The molecule has 2 heterocycles. The zero-order valence-electron chi connectivity index (χ0n) is 17.7. The van der Waals surface area contributed by atoms with Gasteiger partial charge in [-0.2, -0.15) is 0 Å². The van der Waals surface area contributed by atoms with Crippen LogP contribution in [0.1, 0.15) is 55.0 Å². The van der Waals surface area contributed by atoms with Crippen LogP contribution in [-0.2, 0) is 4.79 Å². The first-order valence-electron chi connectivity index (χ1n) is 10.5. The molecule has 160 valence electrons. The zero-order chi connectivity index (χ0) is 22.1. The van der Waals surface area contributed by atoms with Crippen molar-refractivity contribution in [3.05, 3.63) is 70.3 Å². The summed E-state index contributed by atoms with van der Waals surface area (Å²) < 4.78 is 0. The second-order valence-corrected chi connectivity index (χ2v) is 8.18. The number of imide groups is 1. The molecule has 0 aliphatic carbocycles. The number of piperidine rings is 1. The lowest BCUT2D eigenvalue weighted by Gasteiger charge is -2.32. The van der Waals surface area contributed by atoms with E-state index in [0.717, 1.165) is 16.0 Å². The average Bonchev–Trinajstić information content (AvgIpc) is 3.01. The van der Waals surface area contributed by atoms with Gasteiger partial charge in [0.1, 0.15) is 6.54 Å². The Labute approximate surface area is 181 Å². The van der Waals surface area contributed by atoms with Gasteiger partial charge in [-0.15, -0.1) is 0 Å². The summed E-state index contributed by atoms with van der Waals surface area (Å²) in [6, 6.07) is 12.2. The number of nitrogens with zero attached hydrogens (tertiary/aromatic N) is 2. The Kier molecular flexibility index (Phi) is 5.59. The van der Waals surface area contributed by atoms with Gasteiger partial charge in [0.2, 0.25) is 5.91 Å². The molecule has 0 atom stereocenters. The number of rotatable bonds is 4. The highest BCUT2D eigenvalue weighted by atomic mass is 16.2. The number of nitrogens with one attached hydrogen (secondary N) is 1. The van der Waals surface area contributed by atoms with Crippen LogP contribution in [0.3, 0.4) is 0 Å². The number of fused-ring (bicyclic) bond motifs is 1. The summed E-state index contributed by atoms with van der Waals surface area (Å²) >= 11 is 0. The lowest BCUT2D eigenvalue weighted by Crippen LogP contribution is -2.49. The van der Waals surface area contributed by atoms with E-state index >= 15 is 0 Å². The second-order valence-electron chi connectivity index (χ2n) is 8.18. The van der Waals surface area contributed by atoms with Gasteiger partial charge in [-0.3, -0.25) is 24.1 Å². The highest BCUT2D eigenvalue weighted by Gasteiger charge is 2.36. The SMILES string of the molecule is Cc1ccc(C(=O)N2CCC(NC(=O)CN3C(=O)c4ccccc4C3=O)CC2)cc1C. The quantitative estimate of drug-likeness (QED) is 0.771. The van der Waals surface area contributed by atoms with Crippen molar-refractivity contribution in [2.75, 3.05) is 19.6 Å². The van der Waals surface area contributed by atoms with Gasteiger partial charge >= 0.3 is 0 Å². The number of benzene rings is 2. The van der Waals surface area contributed by atoms with E-state index in [0.29, 0.717) is 42.6 Å². The Balaban J connectivity index is 1.30. The van der Waals surface area contributed by atoms with Crippen LogP contribution in [-0.4, -0.2) is 59.1 Å². The second kappa shape index (κ2) is 8.34. The zero-order valence-corrected chi connectivity index (χ0v) is 17.7. The van der Waals surface area contributed by atoms with Crippen molar-refractivity contribution in [3.8, 4) is 0 Å². The van der Waals surface area contributed by atoms with Gasteiger partial charge in [0.25, 0.3) is 17.7 Å². The standard InChI is InChI=1S/C24H25N3O4/c1-15-7-8-17(13-16(15)2)22(29)26-11-9-18(10-12-26)25-21(28)14-27-23(30)19-5-3-4-6-20(19)24(27)31/h3-8,13,18H,9-12,14H2,1-2H3,(H,25,28).